The van der Waals surface area contributed by atoms with E-state index in [9.17, 15) is 9.59 Å². The van der Waals surface area contributed by atoms with Crippen LogP contribution in [0.25, 0.3) is 0 Å². The molecule has 2 amide bonds. The van der Waals surface area contributed by atoms with E-state index < -0.39 is 5.97 Å². The zero-order chi connectivity index (χ0) is 15.1. The molecule has 0 aliphatic rings. The van der Waals surface area contributed by atoms with E-state index in [1.807, 2.05) is 6.92 Å². The first kappa shape index (κ1) is 15.9. The molecular weight excluding hydrogens is 266 g/mol. The van der Waals surface area contributed by atoms with Gasteiger partial charge in [0.15, 0.2) is 5.69 Å². The Morgan fingerprint density at radius 3 is 2.85 bits per heavy atom. The van der Waals surface area contributed by atoms with Crippen LogP contribution in [-0.2, 0) is 11.3 Å². The van der Waals surface area contributed by atoms with Crippen molar-refractivity contribution in [1.82, 2.24) is 25.2 Å². The van der Waals surface area contributed by atoms with Crippen LogP contribution >= 0.6 is 0 Å². The minimum absolute atomic E-state index is 0.0371. The summed E-state index contributed by atoms with van der Waals surface area (Å²) in [6.45, 7) is 3.00. The van der Waals surface area contributed by atoms with Crippen molar-refractivity contribution in [2.24, 2.45) is 0 Å². The number of nitrogens with zero attached hydrogens (tertiary/aromatic N) is 4. The quantitative estimate of drug-likeness (QED) is 0.709. The normalized spacial score (nSPS) is 11.9. The Hall–Kier alpha value is -2.16. The van der Waals surface area contributed by atoms with Gasteiger partial charge in [0.1, 0.15) is 0 Å². The molecule has 0 aliphatic carbocycles. The van der Waals surface area contributed by atoms with Gasteiger partial charge in [-0.3, -0.25) is 0 Å². The van der Waals surface area contributed by atoms with Crippen LogP contribution in [0.4, 0.5) is 4.79 Å². The summed E-state index contributed by atoms with van der Waals surface area (Å²) in [7, 11) is 3.25. The molecule has 9 nitrogen and oxygen atoms in total. The number of hydrogen-bond donors (Lipinski definition) is 2. The lowest BCUT2D eigenvalue weighted by atomic mass is 10.3. The number of carboxylic acid groups (broad SMARTS) is 1. The van der Waals surface area contributed by atoms with E-state index in [1.54, 1.807) is 14.2 Å². The molecule has 1 atom stereocenters. The number of urea groups is 1. The van der Waals surface area contributed by atoms with Crippen LogP contribution in [0.2, 0.25) is 0 Å². The molecule has 20 heavy (non-hydrogen) atoms. The Kier molecular flexibility index (Phi) is 5.91. The van der Waals surface area contributed by atoms with Crippen LogP contribution in [0, 0.1) is 0 Å². The highest BCUT2D eigenvalue weighted by Crippen LogP contribution is 1.96. The van der Waals surface area contributed by atoms with Crippen molar-refractivity contribution in [2.75, 3.05) is 27.3 Å². The number of nitrogens with one attached hydrogen (secondary N) is 1. The maximum absolute atomic E-state index is 11.8. The highest BCUT2D eigenvalue weighted by Gasteiger charge is 2.15. The van der Waals surface area contributed by atoms with Crippen LogP contribution in [0.15, 0.2) is 6.20 Å². The minimum atomic E-state index is -1.13. The van der Waals surface area contributed by atoms with E-state index >= 15 is 0 Å². The van der Waals surface area contributed by atoms with E-state index in [2.05, 4.69) is 15.6 Å². The lowest BCUT2D eigenvalue weighted by Crippen LogP contribution is -2.44. The first-order chi connectivity index (χ1) is 9.45. The van der Waals surface area contributed by atoms with E-state index in [0.717, 1.165) is 0 Å². The van der Waals surface area contributed by atoms with E-state index in [1.165, 1.54) is 15.8 Å². The Labute approximate surface area is 116 Å². The number of ether oxygens (including phenoxy) is 1. The van der Waals surface area contributed by atoms with E-state index in [4.69, 9.17) is 9.84 Å². The number of amides is 2. The van der Waals surface area contributed by atoms with Gasteiger partial charge in [-0.1, -0.05) is 5.21 Å². The number of carbonyl (C=O) groups excluding carboxylic acids is 1. The van der Waals surface area contributed by atoms with Gasteiger partial charge in [0.05, 0.1) is 25.4 Å². The summed E-state index contributed by atoms with van der Waals surface area (Å²) in [5.74, 6) is -1.13. The molecule has 9 heteroatoms. The third-order valence-electron chi connectivity index (χ3n) is 2.76. The number of methoxy groups -OCH3 is 1. The first-order valence-electron chi connectivity index (χ1n) is 6.08. The Morgan fingerprint density at radius 2 is 2.30 bits per heavy atom. The number of aromatic nitrogens is 3. The molecular formula is C11H19N5O4. The van der Waals surface area contributed by atoms with Crippen molar-refractivity contribution in [2.45, 2.75) is 19.5 Å². The average Bonchev–Trinajstić information content (AvgIpc) is 2.87. The molecule has 0 saturated heterocycles. The van der Waals surface area contributed by atoms with Crippen LogP contribution in [0.5, 0.6) is 0 Å². The third kappa shape index (κ3) is 4.50. The number of hydrogen-bond acceptors (Lipinski definition) is 5. The molecule has 1 unspecified atom stereocenters. The predicted octanol–water partition coefficient (Wildman–Crippen LogP) is -0.347. The Balaban J connectivity index is 2.35. The summed E-state index contributed by atoms with van der Waals surface area (Å²) in [4.78, 5) is 23.9. The second kappa shape index (κ2) is 7.43. The van der Waals surface area contributed by atoms with Gasteiger partial charge in [-0.15, -0.1) is 5.10 Å². The van der Waals surface area contributed by atoms with Gasteiger partial charge in [0.2, 0.25) is 0 Å². The third-order valence-corrected chi connectivity index (χ3v) is 2.76. The minimum Gasteiger partial charge on any atom is -0.476 e. The van der Waals surface area contributed by atoms with Gasteiger partial charge in [0, 0.05) is 20.7 Å². The van der Waals surface area contributed by atoms with Gasteiger partial charge in [0.25, 0.3) is 0 Å². The monoisotopic (exact) mass is 285 g/mol. The molecule has 1 heterocycles. The van der Waals surface area contributed by atoms with E-state index in [-0.39, 0.29) is 17.8 Å². The van der Waals surface area contributed by atoms with Gasteiger partial charge in [-0.2, -0.15) is 0 Å². The molecule has 2 N–H and O–H groups in total. The van der Waals surface area contributed by atoms with Crippen molar-refractivity contribution in [3.05, 3.63) is 11.9 Å². The van der Waals surface area contributed by atoms with Crippen molar-refractivity contribution in [1.29, 1.82) is 0 Å². The summed E-state index contributed by atoms with van der Waals surface area (Å²) >= 11 is 0. The Bertz CT molecular complexity index is 461. The van der Waals surface area contributed by atoms with Gasteiger partial charge in [-0.05, 0) is 6.92 Å². The molecule has 0 aliphatic heterocycles. The van der Waals surface area contributed by atoms with E-state index in [0.29, 0.717) is 19.7 Å². The number of aromatic carboxylic acids is 1. The molecule has 1 rings (SSSR count). The second-order valence-electron chi connectivity index (χ2n) is 4.32. The molecule has 0 spiro atoms. The summed E-state index contributed by atoms with van der Waals surface area (Å²) in [5.41, 5.74) is -0.123. The number of likely N-dealkylation sites (N-methyl/N-ethyl adjacent to an activating group) is 1. The summed E-state index contributed by atoms with van der Waals surface area (Å²) in [6.07, 6.45) is 1.31. The lowest BCUT2D eigenvalue weighted by Gasteiger charge is -2.24. The molecule has 0 radical (unpaired) electrons. The first-order valence-corrected chi connectivity index (χ1v) is 6.08. The molecule has 1 aromatic heterocycles. The fourth-order valence-corrected chi connectivity index (χ4v) is 1.46. The molecule has 0 saturated carbocycles. The number of carbonyl (C=O) groups is 2. The van der Waals surface area contributed by atoms with Crippen LogP contribution in [0.1, 0.15) is 17.4 Å². The fraction of sp³-hybridized carbons (Fsp3) is 0.636. The maximum atomic E-state index is 11.8. The van der Waals surface area contributed by atoms with Gasteiger partial charge < -0.3 is 20.1 Å². The lowest BCUT2D eigenvalue weighted by molar-refractivity contribution is 0.0690. The van der Waals surface area contributed by atoms with Crippen LogP contribution in [0.3, 0.4) is 0 Å². The van der Waals surface area contributed by atoms with Crippen LogP contribution in [-0.4, -0.2) is 70.4 Å². The summed E-state index contributed by atoms with van der Waals surface area (Å²) in [6, 6.07) is -0.266. The van der Waals surface area contributed by atoms with Gasteiger partial charge in [-0.25, -0.2) is 14.3 Å². The van der Waals surface area contributed by atoms with Crippen LogP contribution < -0.4 is 5.32 Å². The summed E-state index contributed by atoms with van der Waals surface area (Å²) < 4.78 is 6.34. The van der Waals surface area contributed by atoms with Crippen molar-refractivity contribution < 1.29 is 19.4 Å². The second-order valence-corrected chi connectivity index (χ2v) is 4.32. The topological polar surface area (TPSA) is 110 Å². The number of rotatable bonds is 7. The highest BCUT2D eigenvalue weighted by molar-refractivity contribution is 5.84. The highest BCUT2D eigenvalue weighted by atomic mass is 16.5. The zero-order valence-electron chi connectivity index (χ0n) is 11.7. The molecule has 0 aromatic carbocycles. The Morgan fingerprint density at radius 1 is 1.60 bits per heavy atom. The van der Waals surface area contributed by atoms with Gasteiger partial charge >= 0.3 is 12.0 Å². The SMILES string of the molecule is COCC(C)N(C)C(=O)NCCn1cc(C(=O)O)nn1. The van der Waals surface area contributed by atoms with Crippen molar-refractivity contribution in [3.63, 3.8) is 0 Å². The predicted molar refractivity (Wildman–Crippen MR) is 69.5 cm³/mol. The largest absolute Gasteiger partial charge is 0.476 e. The number of carboxylic acids is 1. The average molecular weight is 285 g/mol. The smallest absolute Gasteiger partial charge is 0.358 e. The standard InChI is InChI=1S/C11H19N5O4/c1-8(7-20-3)15(2)11(19)12-4-5-16-6-9(10(17)18)13-14-16/h6,8H,4-5,7H2,1-3H3,(H,12,19)(H,17,18). The van der Waals surface area contributed by atoms with Crippen molar-refractivity contribution >= 4 is 12.0 Å². The fourth-order valence-electron chi connectivity index (χ4n) is 1.46. The molecule has 1 aromatic rings. The zero-order valence-corrected chi connectivity index (χ0v) is 11.7. The van der Waals surface area contributed by atoms with Crippen molar-refractivity contribution in [3.8, 4) is 0 Å². The summed E-state index contributed by atoms with van der Waals surface area (Å²) in [5, 5.41) is 18.5. The molecule has 112 valence electrons. The molecule has 0 fully saturated rings. The maximum Gasteiger partial charge on any atom is 0.358 e. The molecule has 0 bridgehead atoms.